The smallest absolute Gasteiger partial charge is 0.0849 e. The molecule has 0 heterocycles. The average molecular weight is 396 g/mol. The molecule has 3 aromatic carbocycles. The highest BCUT2D eigenvalue weighted by atomic mass is 35.5. The maximum absolute atomic E-state index is 6.57. The molecule has 0 aliphatic rings. The first-order valence-electron chi connectivity index (χ1n) is 7.45. The molecule has 2 unspecified atom stereocenters. The van der Waals surface area contributed by atoms with E-state index in [1.807, 2.05) is 72.8 Å². The normalized spacial score (nSPS) is 13.5. The lowest BCUT2D eigenvalue weighted by molar-refractivity contribution is 1.10. The fourth-order valence-corrected chi connectivity index (χ4v) is 3.83. The molecular weight excluding hydrogens is 382 g/mol. The van der Waals surface area contributed by atoms with Crippen LogP contribution in [0.3, 0.4) is 0 Å². The maximum Gasteiger partial charge on any atom is 0.0849 e. The molecule has 3 aromatic rings. The monoisotopic (exact) mass is 394 g/mol. The van der Waals surface area contributed by atoms with Gasteiger partial charge >= 0.3 is 0 Å². The Morgan fingerprint density at radius 1 is 0.500 bits per heavy atom. The average Bonchev–Trinajstić information content (AvgIpc) is 2.61. The third-order valence-corrected chi connectivity index (χ3v) is 5.54. The molecular formula is C20H14Cl4. The molecule has 2 atom stereocenters. The molecule has 0 amide bonds. The lowest BCUT2D eigenvalue weighted by Crippen LogP contribution is -1.97. The van der Waals surface area contributed by atoms with Gasteiger partial charge in [0.15, 0.2) is 0 Å². The lowest BCUT2D eigenvalue weighted by atomic mass is 9.99. The Hall–Kier alpha value is -1.18. The summed E-state index contributed by atoms with van der Waals surface area (Å²) in [4.78, 5) is 0. The summed E-state index contributed by atoms with van der Waals surface area (Å²) >= 11 is 25.6. The minimum absolute atomic E-state index is 0.304. The van der Waals surface area contributed by atoms with Gasteiger partial charge in [-0.3, -0.25) is 0 Å². The second-order valence-electron chi connectivity index (χ2n) is 5.43. The van der Waals surface area contributed by atoms with E-state index in [0.717, 1.165) is 22.3 Å². The van der Waals surface area contributed by atoms with Crippen LogP contribution in [0.25, 0.3) is 0 Å². The molecule has 0 bridgehead atoms. The van der Waals surface area contributed by atoms with Crippen LogP contribution in [0.1, 0.15) is 33.0 Å². The molecule has 0 nitrogen and oxygen atoms in total. The van der Waals surface area contributed by atoms with Crippen LogP contribution < -0.4 is 0 Å². The van der Waals surface area contributed by atoms with Crippen molar-refractivity contribution < 1.29 is 0 Å². The molecule has 0 aliphatic carbocycles. The van der Waals surface area contributed by atoms with Crippen molar-refractivity contribution in [2.24, 2.45) is 0 Å². The molecule has 24 heavy (non-hydrogen) atoms. The highest BCUT2D eigenvalue weighted by Gasteiger charge is 2.17. The minimum Gasteiger partial charge on any atom is -0.113 e. The first-order chi connectivity index (χ1) is 11.6. The van der Waals surface area contributed by atoms with E-state index in [-0.39, 0.29) is 10.8 Å². The largest absolute Gasteiger partial charge is 0.113 e. The van der Waals surface area contributed by atoms with Crippen LogP contribution in [-0.2, 0) is 0 Å². The Labute approximate surface area is 161 Å². The van der Waals surface area contributed by atoms with Gasteiger partial charge in [-0.15, -0.1) is 23.2 Å². The molecule has 0 radical (unpaired) electrons. The molecule has 0 fully saturated rings. The van der Waals surface area contributed by atoms with Gasteiger partial charge in [-0.2, -0.15) is 0 Å². The van der Waals surface area contributed by atoms with Crippen LogP contribution in [0.15, 0.2) is 72.8 Å². The maximum atomic E-state index is 6.57. The second-order valence-corrected chi connectivity index (χ2v) is 7.12. The molecule has 0 saturated carbocycles. The van der Waals surface area contributed by atoms with Crippen LogP contribution in [-0.4, -0.2) is 0 Å². The summed E-state index contributed by atoms with van der Waals surface area (Å²) in [5.41, 5.74) is 3.72. The van der Waals surface area contributed by atoms with Gasteiger partial charge in [0.05, 0.1) is 10.8 Å². The predicted octanol–water partition coefficient (Wildman–Crippen LogP) is 7.65. The van der Waals surface area contributed by atoms with Crippen LogP contribution in [0.5, 0.6) is 0 Å². The Morgan fingerprint density at radius 3 is 1.17 bits per heavy atom. The molecule has 0 aromatic heterocycles. The first-order valence-corrected chi connectivity index (χ1v) is 9.07. The van der Waals surface area contributed by atoms with Gasteiger partial charge in [-0.25, -0.2) is 0 Å². The number of rotatable bonds is 4. The van der Waals surface area contributed by atoms with E-state index in [0.29, 0.717) is 10.0 Å². The SMILES string of the molecule is Clc1ccccc1C(Cl)c1ccc(C(Cl)c2ccccc2Cl)cc1. The van der Waals surface area contributed by atoms with Gasteiger partial charge in [0.2, 0.25) is 0 Å². The number of benzene rings is 3. The van der Waals surface area contributed by atoms with Crippen molar-refractivity contribution in [3.63, 3.8) is 0 Å². The molecule has 0 spiro atoms. The van der Waals surface area contributed by atoms with Crippen molar-refractivity contribution in [2.45, 2.75) is 10.8 Å². The summed E-state index contributed by atoms with van der Waals surface area (Å²) in [5, 5.41) is 0.712. The van der Waals surface area contributed by atoms with Gasteiger partial charge in [0.1, 0.15) is 0 Å². The highest BCUT2D eigenvalue weighted by molar-refractivity contribution is 6.33. The second kappa shape index (κ2) is 7.80. The zero-order chi connectivity index (χ0) is 17.1. The molecule has 3 rings (SSSR count). The van der Waals surface area contributed by atoms with Crippen molar-refractivity contribution >= 4 is 46.4 Å². The molecule has 122 valence electrons. The van der Waals surface area contributed by atoms with Gasteiger partial charge in [0, 0.05) is 10.0 Å². The van der Waals surface area contributed by atoms with Crippen LogP contribution in [0, 0.1) is 0 Å². The first kappa shape index (κ1) is 17.6. The summed E-state index contributed by atoms with van der Waals surface area (Å²) in [6, 6.07) is 23.1. The fraction of sp³-hybridized carbons (Fsp3) is 0.100. The predicted molar refractivity (Wildman–Crippen MR) is 105 cm³/mol. The van der Waals surface area contributed by atoms with Crippen LogP contribution in [0.2, 0.25) is 10.0 Å². The Morgan fingerprint density at radius 2 is 0.833 bits per heavy atom. The molecule has 0 N–H and O–H groups in total. The highest BCUT2D eigenvalue weighted by Crippen LogP contribution is 2.36. The third-order valence-electron chi connectivity index (χ3n) is 3.88. The summed E-state index contributed by atoms with van der Waals surface area (Å²) in [6.07, 6.45) is 0. The minimum atomic E-state index is -0.304. The number of hydrogen-bond donors (Lipinski definition) is 0. The number of halogens is 4. The van der Waals surface area contributed by atoms with E-state index in [2.05, 4.69) is 0 Å². The van der Waals surface area contributed by atoms with Crippen molar-refractivity contribution in [3.05, 3.63) is 105 Å². The van der Waals surface area contributed by atoms with E-state index >= 15 is 0 Å². The van der Waals surface area contributed by atoms with E-state index < -0.39 is 0 Å². The standard InChI is InChI=1S/C20H14Cl4/c21-17-7-3-1-5-15(17)19(23)13-9-11-14(12-10-13)20(24)16-6-2-4-8-18(16)22/h1-12,19-20H. The summed E-state index contributed by atoms with van der Waals surface area (Å²) in [6.45, 7) is 0. The van der Waals surface area contributed by atoms with Crippen LogP contribution >= 0.6 is 46.4 Å². The Bertz CT molecular complexity index is 757. The zero-order valence-electron chi connectivity index (χ0n) is 12.6. The topological polar surface area (TPSA) is 0 Å². The summed E-state index contributed by atoms with van der Waals surface area (Å²) in [7, 11) is 0. The Balaban J connectivity index is 1.86. The van der Waals surface area contributed by atoms with Gasteiger partial charge < -0.3 is 0 Å². The zero-order valence-corrected chi connectivity index (χ0v) is 15.6. The van der Waals surface area contributed by atoms with Crippen molar-refractivity contribution in [3.8, 4) is 0 Å². The summed E-state index contributed by atoms with van der Waals surface area (Å²) in [5.74, 6) is 0. The third kappa shape index (κ3) is 3.73. The quantitative estimate of drug-likeness (QED) is 0.398. The molecule has 0 aliphatic heterocycles. The van der Waals surface area contributed by atoms with E-state index in [4.69, 9.17) is 46.4 Å². The van der Waals surface area contributed by atoms with Crippen molar-refractivity contribution in [1.29, 1.82) is 0 Å². The van der Waals surface area contributed by atoms with Crippen molar-refractivity contribution in [2.75, 3.05) is 0 Å². The Kier molecular flexibility index (Phi) is 5.73. The lowest BCUT2D eigenvalue weighted by Gasteiger charge is -2.15. The van der Waals surface area contributed by atoms with Gasteiger partial charge in [-0.05, 0) is 34.4 Å². The number of alkyl halides is 2. The van der Waals surface area contributed by atoms with Gasteiger partial charge in [-0.1, -0.05) is 83.9 Å². The van der Waals surface area contributed by atoms with E-state index in [1.54, 1.807) is 0 Å². The summed E-state index contributed by atoms with van der Waals surface area (Å²) < 4.78 is 0. The number of hydrogen-bond acceptors (Lipinski definition) is 0. The molecule has 4 heteroatoms. The van der Waals surface area contributed by atoms with E-state index in [9.17, 15) is 0 Å². The van der Waals surface area contributed by atoms with Crippen LogP contribution in [0.4, 0.5) is 0 Å². The molecule has 0 saturated heterocycles. The van der Waals surface area contributed by atoms with Crippen molar-refractivity contribution in [1.82, 2.24) is 0 Å². The fourth-order valence-electron chi connectivity index (χ4n) is 2.55. The van der Waals surface area contributed by atoms with E-state index in [1.165, 1.54) is 0 Å². The van der Waals surface area contributed by atoms with Gasteiger partial charge in [0.25, 0.3) is 0 Å².